The number of methoxy groups -OCH3 is 1. The van der Waals surface area contributed by atoms with Crippen molar-refractivity contribution in [2.45, 2.75) is 31.9 Å². The van der Waals surface area contributed by atoms with Crippen LogP contribution in [0.3, 0.4) is 0 Å². The molecule has 1 rings (SSSR count). The van der Waals surface area contributed by atoms with Gasteiger partial charge < -0.3 is 15.2 Å². The molecule has 0 radical (unpaired) electrons. The fourth-order valence-corrected chi connectivity index (χ4v) is 2.23. The second-order valence-electron chi connectivity index (χ2n) is 4.31. The van der Waals surface area contributed by atoms with E-state index < -0.39 is 5.60 Å². The van der Waals surface area contributed by atoms with Crippen LogP contribution in [0, 0.1) is 0 Å². The standard InChI is InChI=1S/C12H21NO2S/c1-10(6-7-15-3)13-9-12(2,14)11-5-4-8-16-11/h4-5,8,10,13-14H,6-7,9H2,1-3H3. The molecule has 1 aromatic rings. The van der Waals surface area contributed by atoms with E-state index >= 15 is 0 Å². The first kappa shape index (κ1) is 13.6. The van der Waals surface area contributed by atoms with Gasteiger partial charge in [-0.1, -0.05) is 6.07 Å². The minimum atomic E-state index is -0.782. The van der Waals surface area contributed by atoms with E-state index in [2.05, 4.69) is 12.2 Å². The van der Waals surface area contributed by atoms with Gasteiger partial charge >= 0.3 is 0 Å². The van der Waals surface area contributed by atoms with E-state index in [-0.39, 0.29) is 0 Å². The van der Waals surface area contributed by atoms with Gasteiger partial charge in [0, 0.05) is 31.2 Å². The van der Waals surface area contributed by atoms with Crippen LogP contribution in [0.5, 0.6) is 0 Å². The summed E-state index contributed by atoms with van der Waals surface area (Å²) in [5.41, 5.74) is -0.782. The van der Waals surface area contributed by atoms with Gasteiger partial charge in [-0.15, -0.1) is 11.3 Å². The van der Waals surface area contributed by atoms with Crippen LogP contribution in [-0.2, 0) is 10.3 Å². The molecule has 1 heterocycles. The average Bonchev–Trinajstić information content (AvgIpc) is 2.77. The van der Waals surface area contributed by atoms with Gasteiger partial charge in [0.15, 0.2) is 0 Å². The summed E-state index contributed by atoms with van der Waals surface area (Å²) in [5, 5.41) is 15.6. The molecule has 0 aliphatic heterocycles. The van der Waals surface area contributed by atoms with Gasteiger partial charge in [0.25, 0.3) is 0 Å². The summed E-state index contributed by atoms with van der Waals surface area (Å²) >= 11 is 1.58. The highest BCUT2D eigenvalue weighted by molar-refractivity contribution is 7.10. The zero-order valence-electron chi connectivity index (χ0n) is 10.2. The van der Waals surface area contributed by atoms with Gasteiger partial charge in [-0.2, -0.15) is 0 Å². The maximum atomic E-state index is 10.3. The lowest BCUT2D eigenvalue weighted by molar-refractivity contribution is 0.0565. The molecule has 2 N–H and O–H groups in total. The van der Waals surface area contributed by atoms with E-state index in [1.54, 1.807) is 18.4 Å². The Morgan fingerprint density at radius 2 is 2.38 bits per heavy atom. The van der Waals surface area contributed by atoms with Crippen molar-refractivity contribution in [1.82, 2.24) is 5.32 Å². The van der Waals surface area contributed by atoms with Crippen molar-refractivity contribution in [1.29, 1.82) is 0 Å². The number of hydrogen-bond donors (Lipinski definition) is 2. The highest BCUT2D eigenvalue weighted by Gasteiger charge is 2.24. The van der Waals surface area contributed by atoms with Crippen LogP contribution in [0.15, 0.2) is 17.5 Å². The van der Waals surface area contributed by atoms with Gasteiger partial charge in [-0.3, -0.25) is 0 Å². The normalized spacial score (nSPS) is 17.0. The Kier molecular flexibility index (Phi) is 5.41. The summed E-state index contributed by atoms with van der Waals surface area (Å²) < 4.78 is 5.02. The highest BCUT2D eigenvalue weighted by Crippen LogP contribution is 2.24. The summed E-state index contributed by atoms with van der Waals surface area (Å²) in [4.78, 5) is 0.999. The maximum absolute atomic E-state index is 10.3. The number of rotatable bonds is 7. The third kappa shape index (κ3) is 4.22. The monoisotopic (exact) mass is 243 g/mol. The van der Waals surface area contributed by atoms with Crippen molar-refractivity contribution >= 4 is 11.3 Å². The third-order valence-electron chi connectivity index (χ3n) is 2.60. The predicted molar refractivity (Wildman–Crippen MR) is 67.8 cm³/mol. The second kappa shape index (κ2) is 6.35. The number of hydrogen-bond acceptors (Lipinski definition) is 4. The van der Waals surface area contributed by atoms with Crippen molar-refractivity contribution in [2.24, 2.45) is 0 Å². The minimum absolute atomic E-state index is 0.353. The number of aliphatic hydroxyl groups is 1. The van der Waals surface area contributed by atoms with E-state index in [4.69, 9.17) is 4.74 Å². The Morgan fingerprint density at radius 1 is 1.62 bits per heavy atom. The van der Waals surface area contributed by atoms with Crippen LogP contribution in [0.25, 0.3) is 0 Å². The van der Waals surface area contributed by atoms with E-state index in [9.17, 15) is 5.11 Å². The summed E-state index contributed by atoms with van der Waals surface area (Å²) in [6.07, 6.45) is 0.955. The van der Waals surface area contributed by atoms with Crippen molar-refractivity contribution in [2.75, 3.05) is 20.3 Å². The molecule has 0 spiro atoms. The molecule has 1 aromatic heterocycles. The second-order valence-corrected chi connectivity index (χ2v) is 5.26. The Hall–Kier alpha value is -0.420. The first-order chi connectivity index (χ1) is 7.56. The molecule has 4 heteroatoms. The third-order valence-corrected chi connectivity index (χ3v) is 3.72. The minimum Gasteiger partial charge on any atom is -0.385 e. The Bertz CT molecular complexity index is 285. The largest absolute Gasteiger partial charge is 0.385 e. The SMILES string of the molecule is COCCC(C)NCC(C)(O)c1cccs1. The van der Waals surface area contributed by atoms with Crippen molar-refractivity contribution in [3.8, 4) is 0 Å². The molecule has 0 amide bonds. The lowest BCUT2D eigenvalue weighted by Gasteiger charge is -2.25. The first-order valence-electron chi connectivity index (χ1n) is 5.55. The summed E-state index contributed by atoms with van der Waals surface area (Å²) in [6, 6.07) is 4.28. The molecule has 2 atom stereocenters. The van der Waals surface area contributed by atoms with Gasteiger partial charge in [0.2, 0.25) is 0 Å². The van der Waals surface area contributed by atoms with Crippen molar-refractivity contribution in [3.05, 3.63) is 22.4 Å². The van der Waals surface area contributed by atoms with Crippen molar-refractivity contribution < 1.29 is 9.84 Å². The summed E-state index contributed by atoms with van der Waals surface area (Å²) in [5.74, 6) is 0. The average molecular weight is 243 g/mol. The fourth-order valence-electron chi connectivity index (χ4n) is 1.44. The van der Waals surface area contributed by atoms with Gasteiger partial charge in [0.1, 0.15) is 5.60 Å². The number of ether oxygens (including phenoxy) is 1. The van der Waals surface area contributed by atoms with Gasteiger partial charge in [-0.25, -0.2) is 0 Å². The molecule has 2 unspecified atom stereocenters. The van der Waals surface area contributed by atoms with Crippen LogP contribution in [0.2, 0.25) is 0 Å². The van der Waals surface area contributed by atoms with Gasteiger partial charge in [0.05, 0.1) is 0 Å². The molecule has 0 bridgehead atoms. The molecule has 0 aliphatic carbocycles. The molecular formula is C12H21NO2S. The van der Waals surface area contributed by atoms with E-state index in [1.165, 1.54) is 0 Å². The van der Waals surface area contributed by atoms with Crippen LogP contribution < -0.4 is 5.32 Å². The Morgan fingerprint density at radius 3 is 2.94 bits per heavy atom. The van der Waals surface area contributed by atoms with Gasteiger partial charge in [-0.05, 0) is 31.7 Å². The van der Waals surface area contributed by atoms with E-state index in [0.717, 1.165) is 17.9 Å². The molecule has 0 aromatic carbocycles. The maximum Gasteiger partial charge on any atom is 0.108 e. The fraction of sp³-hybridized carbons (Fsp3) is 0.667. The first-order valence-corrected chi connectivity index (χ1v) is 6.43. The summed E-state index contributed by atoms with van der Waals surface area (Å²) in [6.45, 7) is 5.26. The highest BCUT2D eigenvalue weighted by atomic mass is 32.1. The van der Waals surface area contributed by atoms with Crippen molar-refractivity contribution in [3.63, 3.8) is 0 Å². The number of thiophene rings is 1. The number of nitrogens with one attached hydrogen (secondary N) is 1. The van der Waals surface area contributed by atoms with Crippen LogP contribution in [0.1, 0.15) is 25.1 Å². The Balaban J connectivity index is 2.36. The van der Waals surface area contributed by atoms with Crippen LogP contribution in [-0.4, -0.2) is 31.4 Å². The van der Waals surface area contributed by atoms with Crippen LogP contribution >= 0.6 is 11.3 Å². The Labute approximate surface area is 101 Å². The quantitative estimate of drug-likeness (QED) is 0.769. The van der Waals surface area contributed by atoms with E-state index in [0.29, 0.717) is 12.6 Å². The van der Waals surface area contributed by atoms with Crippen LogP contribution in [0.4, 0.5) is 0 Å². The lowest BCUT2D eigenvalue weighted by Crippen LogP contribution is -2.39. The summed E-state index contributed by atoms with van der Waals surface area (Å²) in [7, 11) is 1.70. The topological polar surface area (TPSA) is 41.5 Å². The zero-order valence-corrected chi connectivity index (χ0v) is 11.0. The molecule has 0 aliphatic rings. The molecule has 0 saturated carbocycles. The molecule has 0 fully saturated rings. The molecule has 3 nitrogen and oxygen atoms in total. The van der Waals surface area contributed by atoms with E-state index in [1.807, 2.05) is 24.4 Å². The zero-order chi connectivity index (χ0) is 12.0. The molecule has 0 saturated heterocycles. The lowest BCUT2D eigenvalue weighted by atomic mass is 10.0. The predicted octanol–water partition coefficient (Wildman–Crippen LogP) is 1.97. The molecule has 16 heavy (non-hydrogen) atoms. The molecular weight excluding hydrogens is 222 g/mol. The molecule has 92 valence electrons. The smallest absolute Gasteiger partial charge is 0.108 e.